The van der Waals surface area contributed by atoms with Crippen LogP contribution in [0, 0.1) is 0 Å². The average Bonchev–Trinajstić information content (AvgIpc) is 2.69. The number of benzene rings is 1. The molecule has 2 aromatic rings. The first-order valence-electron chi connectivity index (χ1n) is 9.44. The summed E-state index contributed by atoms with van der Waals surface area (Å²) < 4.78 is 5.27. The molecule has 2 amide bonds. The van der Waals surface area contributed by atoms with Gasteiger partial charge in [0.25, 0.3) is 5.91 Å². The van der Waals surface area contributed by atoms with Crippen molar-refractivity contribution in [3.05, 3.63) is 52.8 Å². The molecule has 2 N–H and O–H groups in total. The number of nitrogens with zero attached hydrogens (tertiary/aromatic N) is 1. The summed E-state index contributed by atoms with van der Waals surface area (Å²) in [6, 6.07) is 8.59. The summed E-state index contributed by atoms with van der Waals surface area (Å²) in [7, 11) is 1.55. The molecule has 0 bridgehead atoms. The van der Waals surface area contributed by atoms with E-state index in [4.69, 9.17) is 16.3 Å². The predicted octanol–water partition coefficient (Wildman–Crippen LogP) is 3.99. The molecule has 6 nitrogen and oxygen atoms in total. The SMILES string of the molecule is COc1ccc(Cl)cc1CC(=O)Nc1ccnc(C(=O)NC2CCCCC2)c1. The van der Waals surface area contributed by atoms with E-state index in [1.807, 2.05) is 0 Å². The number of rotatable bonds is 6. The fraction of sp³-hybridized carbons (Fsp3) is 0.381. The molecule has 0 unspecified atom stereocenters. The molecule has 1 heterocycles. The third kappa shape index (κ3) is 5.45. The minimum Gasteiger partial charge on any atom is -0.496 e. The van der Waals surface area contributed by atoms with Crippen LogP contribution in [0.1, 0.15) is 48.2 Å². The minimum absolute atomic E-state index is 0.107. The van der Waals surface area contributed by atoms with E-state index in [2.05, 4.69) is 15.6 Å². The predicted molar refractivity (Wildman–Crippen MR) is 109 cm³/mol. The highest BCUT2D eigenvalue weighted by Gasteiger charge is 2.18. The Morgan fingerprint density at radius 3 is 2.71 bits per heavy atom. The lowest BCUT2D eigenvalue weighted by molar-refractivity contribution is -0.115. The van der Waals surface area contributed by atoms with Gasteiger partial charge in [-0.05, 0) is 43.2 Å². The van der Waals surface area contributed by atoms with Crippen LogP contribution in [-0.2, 0) is 11.2 Å². The number of halogens is 1. The van der Waals surface area contributed by atoms with Crippen molar-refractivity contribution < 1.29 is 14.3 Å². The van der Waals surface area contributed by atoms with E-state index >= 15 is 0 Å². The average molecular weight is 402 g/mol. The van der Waals surface area contributed by atoms with Crippen molar-refractivity contribution in [2.24, 2.45) is 0 Å². The van der Waals surface area contributed by atoms with Crippen molar-refractivity contribution in [1.82, 2.24) is 10.3 Å². The molecule has 1 aliphatic carbocycles. The zero-order valence-electron chi connectivity index (χ0n) is 15.8. The standard InChI is InChI=1S/C21H24ClN3O3/c1-28-19-8-7-15(22)11-14(19)12-20(26)24-17-9-10-23-18(13-17)21(27)25-16-5-3-2-4-6-16/h7-11,13,16H,2-6,12H2,1H3,(H,25,27)(H,23,24,26). The Hall–Kier alpha value is -2.60. The number of anilines is 1. The maximum atomic E-state index is 12.4. The zero-order chi connectivity index (χ0) is 19.9. The first-order chi connectivity index (χ1) is 13.5. The summed E-state index contributed by atoms with van der Waals surface area (Å²) in [4.78, 5) is 29.0. The summed E-state index contributed by atoms with van der Waals surface area (Å²) in [5, 5.41) is 6.37. The van der Waals surface area contributed by atoms with Crippen LogP contribution in [0.5, 0.6) is 5.75 Å². The second-order valence-electron chi connectivity index (χ2n) is 6.92. The molecule has 3 rings (SSSR count). The molecule has 0 saturated heterocycles. The Morgan fingerprint density at radius 1 is 1.18 bits per heavy atom. The molecule has 1 fully saturated rings. The van der Waals surface area contributed by atoms with E-state index < -0.39 is 0 Å². The quantitative estimate of drug-likeness (QED) is 0.767. The molecular formula is C21H24ClN3O3. The van der Waals surface area contributed by atoms with Crippen molar-refractivity contribution in [1.29, 1.82) is 0 Å². The Kier molecular flexibility index (Phi) is 6.87. The number of hydrogen-bond donors (Lipinski definition) is 2. The topological polar surface area (TPSA) is 80.3 Å². The van der Waals surface area contributed by atoms with E-state index in [0.717, 1.165) is 25.7 Å². The van der Waals surface area contributed by atoms with Gasteiger partial charge in [-0.1, -0.05) is 30.9 Å². The number of methoxy groups -OCH3 is 1. The van der Waals surface area contributed by atoms with Crippen molar-refractivity contribution in [2.45, 2.75) is 44.6 Å². The number of pyridine rings is 1. The van der Waals surface area contributed by atoms with Crippen LogP contribution in [0.25, 0.3) is 0 Å². The van der Waals surface area contributed by atoms with E-state index in [1.165, 1.54) is 12.6 Å². The monoisotopic (exact) mass is 401 g/mol. The molecule has 7 heteroatoms. The summed E-state index contributed by atoms with van der Waals surface area (Å²) in [5.41, 5.74) is 1.51. The van der Waals surface area contributed by atoms with Crippen LogP contribution in [-0.4, -0.2) is 29.9 Å². The largest absolute Gasteiger partial charge is 0.496 e. The number of carbonyl (C=O) groups is 2. The summed E-state index contributed by atoms with van der Waals surface area (Å²) >= 11 is 6.01. The molecular weight excluding hydrogens is 378 g/mol. The van der Waals surface area contributed by atoms with Gasteiger partial charge in [0.05, 0.1) is 13.5 Å². The number of aromatic nitrogens is 1. The molecule has 1 aliphatic rings. The van der Waals surface area contributed by atoms with Crippen LogP contribution in [0.4, 0.5) is 5.69 Å². The van der Waals surface area contributed by atoms with Gasteiger partial charge in [0.1, 0.15) is 11.4 Å². The van der Waals surface area contributed by atoms with Crippen molar-refractivity contribution >= 4 is 29.1 Å². The Balaban J connectivity index is 1.63. The highest BCUT2D eigenvalue weighted by Crippen LogP contribution is 2.23. The van der Waals surface area contributed by atoms with Gasteiger partial charge in [0, 0.05) is 28.5 Å². The number of ether oxygens (including phenoxy) is 1. The van der Waals surface area contributed by atoms with Crippen LogP contribution < -0.4 is 15.4 Å². The van der Waals surface area contributed by atoms with Gasteiger partial charge in [-0.3, -0.25) is 14.6 Å². The van der Waals surface area contributed by atoms with E-state index in [-0.39, 0.29) is 24.3 Å². The highest BCUT2D eigenvalue weighted by atomic mass is 35.5. The molecule has 0 atom stereocenters. The molecule has 0 spiro atoms. The van der Waals surface area contributed by atoms with Crippen molar-refractivity contribution in [3.8, 4) is 5.75 Å². The second kappa shape index (κ2) is 9.55. The number of amides is 2. The molecule has 1 aromatic heterocycles. The normalized spacial score (nSPS) is 14.4. The maximum Gasteiger partial charge on any atom is 0.270 e. The summed E-state index contributed by atoms with van der Waals surface area (Å²) in [6.45, 7) is 0. The Labute approximate surface area is 169 Å². The Bertz CT molecular complexity index is 851. The third-order valence-electron chi connectivity index (χ3n) is 4.81. The van der Waals surface area contributed by atoms with Gasteiger partial charge >= 0.3 is 0 Å². The van der Waals surface area contributed by atoms with Crippen molar-refractivity contribution in [2.75, 3.05) is 12.4 Å². The first kappa shape index (κ1) is 20.1. The smallest absolute Gasteiger partial charge is 0.270 e. The van der Waals surface area contributed by atoms with E-state index in [1.54, 1.807) is 37.4 Å². The van der Waals surface area contributed by atoms with Gasteiger partial charge in [0.15, 0.2) is 0 Å². The second-order valence-corrected chi connectivity index (χ2v) is 7.36. The molecule has 1 aromatic carbocycles. The number of carbonyl (C=O) groups excluding carboxylic acids is 2. The van der Waals surface area contributed by atoms with Crippen LogP contribution >= 0.6 is 11.6 Å². The van der Waals surface area contributed by atoms with Crippen LogP contribution in [0.2, 0.25) is 5.02 Å². The third-order valence-corrected chi connectivity index (χ3v) is 5.05. The minimum atomic E-state index is -0.231. The fourth-order valence-electron chi connectivity index (χ4n) is 3.40. The summed E-state index contributed by atoms with van der Waals surface area (Å²) in [5.74, 6) is 0.159. The number of nitrogens with one attached hydrogen (secondary N) is 2. The van der Waals surface area contributed by atoms with Gasteiger partial charge in [-0.15, -0.1) is 0 Å². The van der Waals surface area contributed by atoms with Gasteiger partial charge < -0.3 is 15.4 Å². The molecule has 0 aliphatic heterocycles. The molecule has 0 radical (unpaired) electrons. The van der Waals surface area contributed by atoms with Crippen LogP contribution in [0.15, 0.2) is 36.5 Å². The van der Waals surface area contributed by atoms with Gasteiger partial charge in [0.2, 0.25) is 5.91 Å². The zero-order valence-corrected chi connectivity index (χ0v) is 16.6. The fourth-order valence-corrected chi connectivity index (χ4v) is 3.60. The Morgan fingerprint density at radius 2 is 1.96 bits per heavy atom. The summed E-state index contributed by atoms with van der Waals surface area (Å²) in [6.07, 6.45) is 7.14. The van der Waals surface area contributed by atoms with E-state index in [9.17, 15) is 9.59 Å². The lowest BCUT2D eigenvalue weighted by Gasteiger charge is -2.22. The highest BCUT2D eigenvalue weighted by molar-refractivity contribution is 6.30. The van der Waals surface area contributed by atoms with Crippen LogP contribution in [0.3, 0.4) is 0 Å². The lowest BCUT2D eigenvalue weighted by Crippen LogP contribution is -2.36. The van der Waals surface area contributed by atoms with E-state index in [0.29, 0.717) is 27.7 Å². The van der Waals surface area contributed by atoms with Crippen molar-refractivity contribution in [3.63, 3.8) is 0 Å². The maximum absolute atomic E-state index is 12.4. The van der Waals surface area contributed by atoms with Gasteiger partial charge in [-0.2, -0.15) is 0 Å². The molecule has 148 valence electrons. The lowest BCUT2D eigenvalue weighted by atomic mass is 9.95. The molecule has 1 saturated carbocycles. The number of hydrogen-bond acceptors (Lipinski definition) is 4. The molecule has 28 heavy (non-hydrogen) atoms. The van der Waals surface area contributed by atoms with Gasteiger partial charge in [-0.25, -0.2) is 0 Å². The first-order valence-corrected chi connectivity index (χ1v) is 9.82.